The van der Waals surface area contributed by atoms with Crippen LogP contribution in [0.2, 0.25) is 0 Å². The Morgan fingerprint density at radius 1 is 1.37 bits per heavy atom. The molecule has 2 aromatic rings. The molecule has 19 heavy (non-hydrogen) atoms. The molecule has 1 aromatic heterocycles. The Kier molecular flexibility index (Phi) is 3.61. The average Bonchev–Trinajstić information content (AvgIpc) is 2.79. The molecule has 0 radical (unpaired) electrons. The van der Waals surface area contributed by atoms with Crippen LogP contribution in [0.15, 0.2) is 40.1 Å². The summed E-state index contributed by atoms with van der Waals surface area (Å²) in [7, 11) is 0. The minimum Gasteiger partial charge on any atom is -0.489 e. The first-order valence-corrected chi connectivity index (χ1v) is 7.64. The van der Waals surface area contributed by atoms with Gasteiger partial charge in [0.15, 0.2) is 5.82 Å². The molecule has 1 unspecified atom stereocenters. The van der Waals surface area contributed by atoms with Gasteiger partial charge in [0.25, 0.3) is 0 Å². The maximum absolute atomic E-state index is 5.89. The summed E-state index contributed by atoms with van der Waals surface area (Å²) in [6.45, 7) is 0. The third kappa shape index (κ3) is 2.84. The number of hydrogen-bond donors (Lipinski definition) is 1. The van der Waals surface area contributed by atoms with Crippen LogP contribution in [0.4, 0.5) is 5.82 Å². The van der Waals surface area contributed by atoms with Crippen molar-refractivity contribution < 1.29 is 4.74 Å². The third-order valence-corrected chi connectivity index (χ3v) is 4.48. The fourth-order valence-corrected chi connectivity index (χ4v) is 3.28. The number of aromatic nitrogens is 2. The summed E-state index contributed by atoms with van der Waals surface area (Å²) in [6, 6.07) is 6.10. The van der Waals surface area contributed by atoms with Gasteiger partial charge in [-0.25, -0.2) is 9.97 Å². The van der Waals surface area contributed by atoms with E-state index in [1.165, 1.54) is 5.56 Å². The van der Waals surface area contributed by atoms with Gasteiger partial charge in [0, 0.05) is 29.0 Å². The van der Waals surface area contributed by atoms with Crippen molar-refractivity contribution in [3.05, 3.63) is 40.6 Å². The zero-order chi connectivity index (χ0) is 13.2. The molecule has 0 spiro atoms. The summed E-state index contributed by atoms with van der Waals surface area (Å²) in [5.74, 6) is 2.27. The summed E-state index contributed by atoms with van der Waals surface area (Å²) < 4.78 is 6.98. The zero-order valence-electron chi connectivity index (χ0n) is 10.0. The zero-order valence-corrected chi connectivity index (χ0v) is 12.4. The van der Waals surface area contributed by atoms with Gasteiger partial charge in [0.2, 0.25) is 0 Å². The number of fused-ring (bicyclic) bond motifs is 1. The molecule has 4 nitrogen and oxygen atoms in total. The van der Waals surface area contributed by atoms with Crippen LogP contribution in [0.25, 0.3) is 0 Å². The second kappa shape index (κ2) is 5.38. The minimum atomic E-state index is 0.163. The Hall–Kier alpha value is -1.27. The number of halogens is 1. The highest BCUT2D eigenvalue weighted by atomic mass is 79.9. The lowest BCUT2D eigenvalue weighted by Crippen LogP contribution is -2.16. The van der Waals surface area contributed by atoms with E-state index in [9.17, 15) is 0 Å². The summed E-state index contributed by atoms with van der Waals surface area (Å²) in [6.07, 6.45) is 4.33. The van der Waals surface area contributed by atoms with Gasteiger partial charge in [-0.15, -0.1) is 0 Å². The van der Waals surface area contributed by atoms with Crippen molar-refractivity contribution in [3.8, 4) is 5.75 Å². The second-order valence-electron chi connectivity index (χ2n) is 4.25. The number of benzene rings is 1. The van der Waals surface area contributed by atoms with Crippen molar-refractivity contribution in [2.45, 2.75) is 17.6 Å². The lowest BCUT2D eigenvalue weighted by atomic mass is 10.1. The van der Waals surface area contributed by atoms with E-state index in [0.717, 1.165) is 27.4 Å². The summed E-state index contributed by atoms with van der Waals surface area (Å²) in [4.78, 5) is 8.24. The molecule has 3 rings (SSSR count). The van der Waals surface area contributed by atoms with Gasteiger partial charge in [-0.05, 0) is 23.8 Å². The van der Waals surface area contributed by atoms with E-state index in [0.29, 0.717) is 5.82 Å². The van der Waals surface area contributed by atoms with Crippen LogP contribution in [0.5, 0.6) is 5.75 Å². The van der Waals surface area contributed by atoms with Crippen molar-refractivity contribution >= 4 is 33.5 Å². The van der Waals surface area contributed by atoms with Gasteiger partial charge in [-0.1, -0.05) is 27.7 Å². The first-order valence-electron chi connectivity index (χ1n) is 5.87. The van der Waals surface area contributed by atoms with E-state index in [4.69, 9.17) is 10.5 Å². The van der Waals surface area contributed by atoms with Crippen LogP contribution in [-0.2, 0) is 6.42 Å². The topological polar surface area (TPSA) is 61.0 Å². The lowest BCUT2D eigenvalue weighted by molar-refractivity contribution is 0.259. The highest BCUT2D eigenvalue weighted by molar-refractivity contribution is 9.10. The highest BCUT2D eigenvalue weighted by Crippen LogP contribution is 2.33. The number of hydrogen-bond acceptors (Lipinski definition) is 5. The number of thioether (sulfide) groups is 1. The number of nitrogens with zero attached hydrogens (tertiary/aromatic N) is 2. The predicted octanol–water partition coefficient (Wildman–Crippen LogP) is 2.92. The van der Waals surface area contributed by atoms with Crippen LogP contribution in [-0.4, -0.2) is 21.8 Å². The first-order chi connectivity index (χ1) is 9.22. The van der Waals surface area contributed by atoms with Gasteiger partial charge in [-0.3, -0.25) is 0 Å². The molecule has 0 saturated carbocycles. The Bertz CT molecular complexity index is 608. The smallest absolute Gasteiger partial charge is 0.156 e. The number of nitrogens with two attached hydrogens (primary N) is 1. The Morgan fingerprint density at radius 3 is 3.05 bits per heavy atom. The molecule has 0 fully saturated rings. The van der Waals surface area contributed by atoms with Gasteiger partial charge in [0.05, 0.1) is 0 Å². The average molecular weight is 338 g/mol. The largest absolute Gasteiger partial charge is 0.489 e. The fraction of sp³-hybridized carbons (Fsp3) is 0.231. The van der Waals surface area contributed by atoms with Crippen molar-refractivity contribution in [3.63, 3.8) is 0 Å². The van der Waals surface area contributed by atoms with Gasteiger partial charge >= 0.3 is 0 Å². The van der Waals surface area contributed by atoms with Crippen LogP contribution in [0.3, 0.4) is 0 Å². The van der Waals surface area contributed by atoms with Crippen molar-refractivity contribution in [2.24, 2.45) is 0 Å². The van der Waals surface area contributed by atoms with Crippen LogP contribution in [0, 0.1) is 0 Å². The molecule has 0 bridgehead atoms. The Labute approximate surface area is 123 Å². The van der Waals surface area contributed by atoms with E-state index in [2.05, 4.69) is 32.0 Å². The standard InChI is InChI=1S/C13H12BrN3OS/c14-9-1-2-11-8(5-9)6-10(18-11)7-19-13-12(15)16-3-4-17-13/h1-5,10H,6-7H2,(H2,15,16). The molecule has 0 aliphatic carbocycles. The molecule has 0 amide bonds. The predicted molar refractivity (Wildman–Crippen MR) is 79.4 cm³/mol. The summed E-state index contributed by atoms with van der Waals surface area (Å²) >= 11 is 5.06. The van der Waals surface area contributed by atoms with E-state index in [1.54, 1.807) is 24.2 Å². The quantitative estimate of drug-likeness (QED) is 0.872. The molecule has 2 heterocycles. The maximum Gasteiger partial charge on any atom is 0.156 e. The SMILES string of the molecule is Nc1nccnc1SCC1Cc2cc(Br)ccc2O1. The Morgan fingerprint density at radius 2 is 2.21 bits per heavy atom. The summed E-state index contributed by atoms with van der Waals surface area (Å²) in [5.41, 5.74) is 7.01. The van der Waals surface area contributed by atoms with E-state index in [1.807, 2.05) is 12.1 Å². The molecule has 1 atom stereocenters. The monoisotopic (exact) mass is 337 g/mol. The molecule has 2 N–H and O–H groups in total. The van der Waals surface area contributed by atoms with Crippen LogP contribution < -0.4 is 10.5 Å². The lowest BCUT2D eigenvalue weighted by Gasteiger charge is -2.10. The Balaban J connectivity index is 1.63. The van der Waals surface area contributed by atoms with Crippen molar-refractivity contribution in [2.75, 3.05) is 11.5 Å². The molecule has 1 aliphatic rings. The van der Waals surface area contributed by atoms with Crippen molar-refractivity contribution in [1.82, 2.24) is 9.97 Å². The minimum absolute atomic E-state index is 0.163. The molecule has 1 aliphatic heterocycles. The maximum atomic E-state index is 5.89. The number of nitrogen functional groups attached to an aromatic ring is 1. The number of ether oxygens (including phenoxy) is 1. The van der Waals surface area contributed by atoms with Crippen LogP contribution in [0.1, 0.15) is 5.56 Å². The first kappa shape index (κ1) is 12.7. The molecular weight excluding hydrogens is 326 g/mol. The van der Waals surface area contributed by atoms with Gasteiger partial charge < -0.3 is 10.5 Å². The third-order valence-electron chi connectivity index (χ3n) is 2.86. The number of rotatable bonds is 3. The van der Waals surface area contributed by atoms with Gasteiger partial charge in [-0.2, -0.15) is 0 Å². The summed E-state index contributed by atoms with van der Waals surface area (Å²) in [5, 5.41) is 0.767. The molecule has 6 heteroatoms. The normalized spacial score (nSPS) is 17.0. The second-order valence-corrected chi connectivity index (χ2v) is 6.18. The van der Waals surface area contributed by atoms with E-state index >= 15 is 0 Å². The van der Waals surface area contributed by atoms with Crippen molar-refractivity contribution in [1.29, 1.82) is 0 Å². The van der Waals surface area contributed by atoms with Crippen LogP contribution >= 0.6 is 27.7 Å². The molecule has 98 valence electrons. The number of anilines is 1. The van der Waals surface area contributed by atoms with E-state index in [-0.39, 0.29) is 6.10 Å². The molecular formula is C13H12BrN3OS. The van der Waals surface area contributed by atoms with Gasteiger partial charge in [0.1, 0.15) is 16.9 Å². The fourth-order valence-electron chi connectivity index (χ4n) is 2.00. The highest BCUT2D eigenvalue weighted by Gasteiger charge is 2.23. The molecule has 1 aromatic carbocycles. The van der Waals surface area contributed by atoms with E-state index < -0.39 is 0 Å². The molecule has 0 saturated heterocycles.